The van der Waals surface area contributed by atoms with Crippen LogP contribution in [0.15, 0.2) is 24.3 Å². The van der Waals surface area contributed by atoms with E-state index in [0.717, 1.165) is 5.56 Å². The van der Waals surface area contributed by atoms with Gasteiger partial charge in [0.05, 0.1) is 0 Å². The van der Waals surface area contributed by atoms with Gasteiger partial charge in [-0.2, -0.15) is 0 Å². The third kappa shape index (κ3) is 4.90. The number of carbonyl (C=O) groups is 3. The predicted molar refractivity (Wildman–Crippen MR) is 122 cm³/mol. The second kappa shape index (κ2) is 9.61. The van der Waals surface area contributed by atoms with E-state index in [0.29, 0.717) is 31.6 Å². The van der Waals surface area contributed by atoms with Crippen molar-refractivity contribution in [2.75, 3.05) is 20.3 Å². The quantitative estimate of drug-likeness (QED) is 0.569. The number of nitrogens with zero attached hydrogens (tertiary/aromatic N) is 1. The topological polar surface area (TPSA) is 87.7 Å². The lowest BCUT2D eigenvalue weighted by Crippen LogP contribution is -2.57. The zero-order chi connectivity index (χ0) is 22.8. The molecule has 8 heteroatoms. The maximum atomic E-state index is 13.5. The number of methoxy groups -OCH3 is 1. The molecule has 3 amide bonds. The van der Waals surface area contributed by atoms with E-state index in [2.05, 4.69) is 10.6 Å². The third-order valence-electron chi connectivity index (χ3n) is 5.71. The van der Waals surface area contributed by atoms with Crippen LogP contribution < -0.4 is 10.6 Å². The van der Waals surface area contributed by atoms with Crippen molar-refractivity contribution in [2.24, 2.45) is 5.92 Å². The predicted octanol–water partition coefficient (Wildman–Crippen LogP) is 2.72. The number of carbonyl (C=O) groups excluding carboxylic acids is 3. The molecule has 0 aliphatic carbocycles. The SMILES string of the molecule is COCCCNC(=O)[C@H](CC(C)C)NC(=O)[C@H]1N2C(=O)c3ccccc3C2SC1(C)C. The molecule has 1 unspecified atom stereocenters. The van der Waals surface area contributed by atoms with E-state index in [1.165, 1.54) is 0 Å². The first-order chi connectivity index (χ1) is 14.7. The highest BCUT2D eigenvalue weighted by molar-refractivity contribution is 8.01. The molecule has 3 atom stereocenters. The molecule has 0 saturated carbocycles. The van der Waals surface area contributed by atoms with Gasteiger partial charge in [-0.05, 0) is 44.2 Å². The lowest BCUT2D eigenvalue weighted by Gasteiger charge is -2.31. The Hall–Kier alpha value is -2.06. The highest BCUT2D eigenvalue weighted by Crippen LogP contribution is 2.56. The average Bonchev–Trinajstić information content (AvgIpc) is 3.13. The Bertz CT molecular complexity index is 842. The Morgan fingerprint density at radius 1 is 1.26 bits per heavy atom. The van der Waals surface area contributed by atoms with Crippen LogP contribution in [0, 0.1) is 5.92 Å². The molecule has 2 aliphatic rings. The summed E-state index contributed by atoms with van der Waals surface area (Å²) in [6.45, 7) is 9.06. The molecule has 170 valence electrons. The average molecular weight is 448 g/mol. The molecule has 0 spiro atoms. The number of fused-ring (bicyclic) bond motifs is 3. The van der Waals surface area contributed by atoms with Gasteiger partial charge in [0.25, 0.3) is 5.91 Å². The Labute approximate surface area is 188 Å². The summed E-state index contributed by atoms with van der Waals surface area (Å²) in [5, 5.41) is 5.67. The van der Waals surface area contributed by atoms with Crippen molar-refractivity contribution in [3.63, 3.8) is 0 Å². The van der Waals surface area contributed by atoms with Crippen molar-refractivity contribution in [1.82, 2.24) is 15.5 Å². The van der Waals surface area contributed by atoms with E-state index in [-0.39, 0.29) is 29.0 Å². The minimum atomic E-state index is -0.654. The van der Waals surface area contributed by atoms with E-state index in [1.807, 2.05) is 52.0 Å². The largest absolute Gasteiger partial charge is 0.385 e. The van der Waals surface area contributed by atoms with Crippen LogP contribution in [0.2, 0.25) is 0 Å². The maximum Gasteiger partial charge on any atom is 0.256 e. The van der Waals surface area contributed by atoms with E-state index in [1.54, 1.807) is 23.8 Å². The summed E-state index contributed by atoms with van der Waals surface area (Å²) >= 11 is 1.62. The highest BCUT2D eigenvalue weighted by Gasteiger charge is 2.57. The van der Waals surface area contributed by atoms with Crippen LogP contribution >= 0.6 is 11.8 Å². The number of thioether (sulfide) groups is 1. The van der Waals surface area contributed by atoms with Crippen molar-refractivity contribution in [3.8, 4) is 0 Å². The number of hydrogen-bond donors (Lipinski definition) is 2. The minimum absolute atomic E-state index is 0.122. The fourth-order valence-electron chi connectivity index (χ4n) is 4.31. The minimum Gasteiger partial charge on any atom is -0.385 e. The molecular weight excluding hydrogens is 414 g/mol. The normalized spacial score (nSPS) is 22.3. The summed E-state index contributed by atoms with van der Waals surface area (Å²) in [6, 6.07) is 6.23. The molecular formula is C23H33N3O4S. The summed E-state index contributed by atoms with van der Waals surface area (Å²) in [6.07, 6.45) is 1.23. The first-order valence-electron chi connectivity index (χ1n) is 10.8. The second-order valence-electron chi connectivity index (χ2n) is 9.10. The van der Waals surface area contributed by atoms with Crippen molar-refractivity contribution < 1.29 is 19.1 Å². The van der Waals surface area contributed by atoms with Crippen LogP contribution in [0.1, 0.15) is 61.8 Å². The number of hydrogen-bond acceptors (Lipinski definition) is 5. The van der Waals surface area contributed by atoms with E-state index >= 15 is 0 Å². The van der Waals surface area contributed by atoms with E-state index in [9.17, 15) is 14.4 Å². The Morgan fingerprint density at radius 3 is 2.65 bits per heavy atom. The fourth-order valence-corrected chi connectivity index (χ4v) is 5.90. The molecule has 3 rings (SSSR count). The van der Waals surface area contributed by atoms with Crippen LogP contribution in [0.4, 0.5) is 0 Å². The highest BCUT2D eigenvalue weighted by atomic mass is 32.2. The van der Waals surface area contributed by atoms with E-state index < -0.39 is 16.8 Å². The standard InChI is InChI=1S/C23H33N3O4S/c1-14(2)13-17(19(27)24-11-8-12-30-5)25-20(28)18-23(3,4)31-22-16-10-7-6-9-15(16)21(29)26(18)22/h6-7,9-10,14,17-18,22H,8,11-13H2,1-5H3,(H,24,27)(H,25,28)/t17-,18+,22?/m0/s1. The van der Waals surface area contributed by atoms with Crippen LogP contribution in [-0.2, 0) is 14.3 Å². The summed E-state index contributed by atoms with van der Waals surface area (Å²) in [5.41, 5.74) is 1.61. The van der Waals surface area contributed by atoms with Gasteiger partial charge in [-0.15, -0.1) is 11.8 Å². The van der Waals surface area contributed by atoms with Crippen molar-refractivity contribution in [2.45, 2.75) is 62.7 Å². The van der Waals surface area contributed by atoms with Gasteiger partial charge in [0.15, 0.2) is 0 Å². The van der Waals surface area contributed by atoms with Crippen LogP contribution in [0.3, 0.4) is 0 Å². The molecule has 2 N–H and O–H groups in total. The molecule has 2 aliphatic heterocycles. The molecule has 31 heavy (non-hydrogen) atoms. The molecule has 2 heterocycles. The van der Waals surface area contributed by atoms with Gasteiger partial charge in [0.1, 0.15) is 17.5 Å². The molecule has 0 radical (unpaired) electrons. The summed E-state index contributed by atoms with van der Waals surface area (Å²) < 4.78 is 4.54. The Kier molecular flexibility index (Phi) is 7.31. The third-order valence-corrected chi connectivity index (χ3v) is 7.24. The molecule has 1 saturated heterocycles. The number of ether oxygens (including phenoxy) is 1. The van der Waals surface area contributed by atoms with Gasteiger partial charge in [-0.1, -0.05) is 32.0 Å². The van der Waals surface area contributed by atoms with Crippen molar-refractivity contribution in [3.05, 3.63) is 35.4 Å². The lowest BCUT2D eigenvalue weighted by molar-refractivity contribution is -0.132. The van der Waals surface area contributed by atoms with Gasteiger partial charge in [-0.3, -0.25) is 14.4 Å². The summed E-state index contributed by atoms with van der Waals surface area (Å²) in [7, 11) is 1.62. The van der Waals surface area contributed by atoms with Crippen LogP contribution in [-0.4, -0.2) is 59.7 Å². The Morgan fingerprint density at radius 2 is 1.97 bits per heavy atom. The Balaban J connectivity index is 1.76. The number of amides is 3. The van der Waals surface area contributed by atoms with Crippen molar-refractivity contribution >= 4 is 29.5 Å². The fraction of sp³-hybridized carbons (Fsp3) is 0.609. The first-order valence-corrected chi connectivity index (χ1v) is 11.7. The van der Waals surface area contributed by atoms with E-state index in [4.69, 9.17) is 4.74 Å². The van der Waals surface area contributed by atoms with Gasteiger partial charge in [0, 0.05) is 30.6 Å². The molecule has 0 bridgehead atoms. The zero-order valence-corrected chi connectivity index (χ0v) is 19.8. The summed E-state index contributed by atoms with van der Waals surface area (Å²) in [4.78, 5) is 41.0. The van der Waals surface area contributed by atoms with Crippen molar-refractivity contribution in [1.29, 1.82) is 0 Å². The molecule has 1 fully saturated rings. The number of nitrogens with one attached hydrogen (secondary N) is 2. The second-order valence-corrected chi connectivity index (χ2v) is 10.8. The zero-order valence-electron chi connectivity index (χ0n) is 18.9. The van der Waals surface area contributed by atoms with Gasteiger partial charge in [-0.25, -0.2) is 0 Å². The number of rotatable bonds is 9. The van der Waals surface area contributed by atoms with Crippen LogP contribution in [0.5, 0.6) is 0 Å². The first kappa shape index (κ1) is 23.6. The lowest BCUT2D eigenvalue weighted by atomic mass is 9.98. The number of benzene rings is 1. The van der Waals surface area contributed by atoms with Gasteiger partial charge in [0.2, 0.25) is 11.8 Å². The van der Waals surface area contributed by atoms with Gasteiger partial charge >= 0.3 is 0 Å². The summed E-state index contributed by atoms with van der Waals surface area (Å²) in [5.74, 6) is -0.372. The maximum absolute atomic E-state index is 13.5. The monoisotopic (exact) mass is 447 g/mol. The molecule has 7 nitrogen and oxygen atoms in total. The molecule has 1 aromatic carbocycles. The van der Waals surface area contributed by atoms with Gasteiger partial charge < -0.3 is 20.3 Å². The van der Waals surface area contributed by atoms with Crippen LogP contribution in [0.25, 0.3) is 0 Å². The molecule has 0 aromatic heterocycles. The smallest absolute Gasteiger partial charge is 0.256 e. The molecule has 1 aromatic rings.